The van der Waals surface area contributed by atoms with Gasteiger partial charge in [-0.1, -0.05) is 6.07 Å². The number of aryl methyl sites for hydroxylation is 1. The Labute approximate surface area is 135 Å². The molecule has 3 rings (SSSR count). The lowest BCUT2D eigenvalue weighted by Gasteiger charge is -2.34. The molecule has 1 aromatic heterocycles. The van der Waals surface area contributed by atoms with E-state index in [0.717, 1.165) is 0 Å². The van der Waals surface area contributed by atoms with Gasteiger partial charge < -0.3 is 5.73 Å². The first-order chi connectivity index (χ1) is 12.8. The number of carbonyl (C=O) groups excluding carboxylic acids is 2. The summed E-state index contributed by atoms with van der Waals surface area (Å²) in [4.78, 5) is 41.8. The van der Waals surface area contributed by atoms with Crippen LogP contribution in [-0.2, 0) is 15.1 Å². The number of carbonyl (C=O) groups is 2. The molecule has 2 N–H and O–H groups in total. The summed E-state index contributed by atoms with van der Waals surface area (Å²) in [5.41, 5.74) is 2.26. The van der Waals surface area contributed by atoms with Gasteiger partial charge in [-0.3, -0.25) is 19.0 Å². The van der Waals surface area contributed by atoms with Crippen LogP contribution in [0.2, 0.25) is 0 Å². The van der Waals surface area contributed by atoms with Crippen molar-refractivity contribution in [2.24, 2.45) is 0 Å². The van der Waals surface area contributed by atoms with Gasteiger partial charge >= 0.3 is 0 Å². The van der Waals surface area contributed by atoms with E-state index >= 15 is 0 Å². The number of fused-ring (bicyclic) bond motifs is 1. The summed E-state index contributed by atoms with van der Waals surface area (Å²) >= 11 is 0. The van der Waals surface area contributed by atoms with Crippen LogP contribution in [0.5, 0.6) is 0 Å². The average molecular weight is 305 g/mol. The van der Waals surface area contributed by atoms with E-state index < -0.39 is 55.0 Å². The molecule has 0 saturated heterocycles. The van der Waals surface area contributed by atoms with Crippen LogP contribution in [0.1, 0.15) is 40.2 Å². The molecular weight excluding hydrogens is 282 g/mol. The second-order valence-electron chi connectivity index (χ2n) is 5.32. The van der Waals surface area contributed by atoms with Crippen LogP contribution in [0.25, 0.3) is 10.9 Å². The van der Waals surface area contributed by atoms with Gasteiger partial charge in [0.05, 0.1) is 17.3 Å². The summed E-state index contributed by atoms with van der Waals surface area (Å²) in [6.45, 7) is -6.08. The maximum atomic E-state index is 13.3. The highest BCUT2D eigenvalue weighted by Gasteiger charge is 2.41. The van der Waals surface area contributed by atoms with Crippen molar-refractivity contribution in [3.8, 4) is 0 Å². The third kappa shape index (κ3) is 1.94. The zero-order chi connectivity index (χ0) is 21.1. The lowest BCUT2D eigenvalue weighted by molar-refractivity contribution is -0.136. The molecule has 1 fully saturated rings. The first-order valence-electron chi connectivity index (χ1n) is 9.68. The summed E-state index contributed by atoms with van der Waals surface area (Å²) < 4.78 is 47.7. The molecule has 1 atom stereocenters. The first-order valence-corrected chi connectivity index (χ1v) is 6.68. The zero-order valence-corrected chi connectivity index (χ0v) is 11.5. The van der Waals surface area contributed by atoms with E-state index in [4.69, 9.17) is 14.0 Å². The monoisotopic (exact) mass is 305 g/mol. The largest absolute Gasteiger partial charge is 0.398 e. The van der Waals surface area contributed by atoms with Gasteiger partial charge in [0.15, 0.2) is 5.78 Å². The number of benzene rings is 1. The molecule has 1 heterocycles. The predicted octanol–water partition coefficient (Wildman–Crippen LogP) is 1.32. The molecule has 6 heteroatoms. The molecular formula is C16H17N3O3. The Hall–Kier alpha value is -2.50. The molecule has 0 radical (unpaired) electrons. The van der Waals surface area contributed by atoms with E-state index in [0.29, 0.717) is 4.57 Å². The van der Waals surface area contributed by atoms with Gasteiger partial charge in [-0.15, -0.1) is 0 Å². The Balaban J connectivity index is 2.54. The number of anilines is 1. The summed E-state index contributed by atoms with van der Waals surface area (Å²) in [6.07, 6.45) is -1.50. The van der Waals surface area contributed by atoms with Gasteiger partial charge in [0, 0.05) is 20.3 Å². The molecule has 0 bridgehead atoms. The Morgan fingerprint density at radius 1 is 1.36 bits per heavy atom. The minimum absolute atomic E-state index is 0.0209. The maximum Gasteiger partial charge on any atom is 0.264 e. The Kier molecular flexibility index (Phi) is 1.91. The summed E-state index contributed by atoms with van der Waals surface area (Å²) in [6, 6.07) is 4.24. The van der Waals surface area contributed by atoms with Crippen LogP contribution in [0.3, 0.4) is 0 Å². The van der Waals surface area contributed by atoms with Gasteiger partial charge in [-0.05, 0) is 32.3 Å². The first kappa shape index (κ1) is 8.82. The molecule has 114 valence electrons. The van der Waals surface area contributed by atoms with Crippen molar-refractivity contribution in [3.05, 3.63) is 34.4 Å². The second-order valence-corrected chi connectivity index (χ2v) is 5.32. The molecule has 2 aromatic rings. The fourth-order valence-corrected chi connectivity index (χ4v) is 2.72. The summed E-state index contributed by atoms with van der Waals surface area (Å²) in [5.74, 6) is -2.33. The van der Waals surface area contributed by atoms with E-state index in [2.05, 4.69) is 4.98 Å². The normalized spacial score (nSPS) is 27.5. The number of Topliss-reactive ketones (excluding diaryl/α,β-unsaturated/α-hetero) is 2. The van der Waals surface area contributed by atoms with E-state index in [1.807, 2.05) is 0 Å². The van der Waals surface area contributed by atoms with Crippen molar-refractivity contribution in [2.75, 3.05) is 5.73 Å². The molecule has 1 saturated carbocycles. The SMILES string of the molecule is [2H]C([2H])([2H])c1nc2cccc(N)c2c(=O)n1[C@@]1(C([2H])([2H])[2H])CCC(=O)CC1=O. The van der Waals surface area contributed by atoms with E-state index in [9.17, 15) is 14.4 Å². The number of aromatic nitrogens is 2. The van der Waals surface area contributed by atoms with Crippen LogP contribution >= 0.6 is 0 Å². The van der Waals surface area contributed by atoms with Crippen LogP contribution < -0.4 is 11.3 Å². The summed E-state index contributed by atoms with van der Waals surface area (Å²) in [5, 5.41) is -0.177. The van der Waals surface area contributed by atoms with Crippen LogP contribution in [0.15, 0.2) is 23.0 Å². The Bertz CT molecular complexity index is 1060. The molecule has 0 spiro atoms. The second kappa shape index (κ2) is 4.76. The third-order valence-corrected chi connectivity index (χ3v) is 3.90. The number of nitrogen functional groups attached to an aromatic ring is 1. The highest BCUT2D eigenvalue weighted by Crippen LogP contribution is 2.30. The Morgan fingerprint density at radius 2 is 2.18 bits per heavy atom. The molecule has 1 aromatic carbocycles. The molecule has 1 aliphatic rings. The third-order valence-electron chi connectivity index (χ3n) is 3.90. The number of ketones is 2. The zero-order valence-electron chi connectivity index (χ0n) is 17.5. The molecule has 0 amide bonds. The smallest absolute Gasteiger partial charge is 0.264 e. The number of rotatable bonds is 1. The van der Waals surface area contributed by atoms with Crippen molar-refractivity contribution in [2.45, 2.75) is 38.5 Å². The number of nitrogens with two attached hydrogens (primary N) is 1. The van der Waals surface area contributed by atoms with Crippen LogP contribution in [0, 0.1) is 6.85 Å². The number of hydrogen-bond donors (Lipinski definition) is 1. The highest BCUT2D eigenvalue weighted by atomic mass is 16.2. The van der Waals surface area contributed by atoms with E-state index in [-0.39, 0.29) is 23.0 Å². The fraction of sp³-hybridized carbons (Fsp3) is 0.375. The molecule has 0 unspecified atom stereocenters. The highest BCUT2D eigenvalue weighted by molar-refractivity contribution is 6.05. The van der Waals surface area contributed by atoms with Crippen molar-refractivity contribution in [1.29, 1.82) is 0 Å². The van der Waals surface area contributed by atoms with Crippen molar-refractivity contribution < 1.29 is 17.8 Å². The standard InChI is InChI=1S/C16H17N3O3/c1-9-18-12-5-3-4-11(17)14(12)15(22)19(9)16(2)7-6-10(20)8-13(16)21/h3-5H,6-8,17H2,1-2H3/t16-/m0/s1/i1D3,2D3. The van der Waals surface area contributed by atoms with Crippen molar-refractivity contribution >= 4 is 28.2 Å². The molecule has 1 aliphatic carbocycles. The lowest BCUT2D eigenvalue weighted by atomic mass is 9.81. The summed E-state index contributed by atoms with van der Waals surface area (Å²) in [7, 11) is 0. The minimum atomic E-state index is -3.09. The average Bonchev–Trinajstić information content (AvgIpc) is 2.53. The van der Waals surface area contributed by atoms with E-state index in [1.54, 1.807) is 0 Å². The van der Waals surface area contributed by atoms with Gasteiger partial charge in [0.2, 0.25) is 0 Å². The molecule has 6 nitrogen and oxygen atoms in total. The minimum Gasteiger partial charge on any atom is -0.398 e. The number of nitrogens with zero attached hydrogens (tertiary/aromatic N) is 2. The van der Waals surface area contributed by atoms with Gasteiger partial charge in [-0.25, -0.2) is 4.98 Å². The lowest BCUT2D eigenvalue weighted by Crippen LogP contribution is -2.49. The van der Waals surface area contributed by atoms with E-state index in [1.165, 1.54) is 18.2 Å². The van der Waals surface area contributed by atoms with Crippen LogP contribution in [0.4, 0.5) is 5.69 Å². The van der Waals surface area contributed by atoms with Crippen molar-refractivity contribution in [3.63, 3.8) is 0 Å². The Morgan fingerprint density at radius 3 is 2.86 bits per heavy atom. The van der Waals surface area contributed by atoms with Gasteiger partial charge in [0.25, 0.3) is 5.56 Å². The van der Waals surface area contributed by atoms with Gasteiger partial charge in [-0.2, -0.15) is 0 Å². The van der Waals surface area contributed by atoms with Crippen molar-refractivity contribution in [1.82, 2.24) is 9.55 Å². The molecule has 22 heavy (non-hydrogen) atoms. The van der Waals surface area contributed by atoms with Crippen LogP contribution in [-0.4, -0.2) is 21.1 Å². The number of hydrogen-bond acceptors (Lipinski definition) is 5. The maximum absolute atomic E-state index is 13.3. The quantitative estimate of drug-likeness (QED) is 0.633. The van der Waals surface area contributed by atoms with Gasteiger partial charge in [0.1, 0.15) is 17.1 Å². The predicted molar refractivity (Wildman–Crippen MR) is 82.7 cm³/mol. The molecule has 0 aliphatic heterocycles. The topological polar surface area (TPSA) is 95.0 Å². The fourth-order valence-electron chi connectivity index (χ4n) is 2.72.